The van der Waals surface area contributed by atoms with Gasteiger partial charge >= 0.3 is 0 Å². The molecule has 0 N–H and O–H groups in total. The third-order valence-electron chi connectivity index (χ3n) is 7.38. The number of methoxy groups -OCH3 is 1. The maximum atomic E-state index is 14.0. The normalized spacial score (nSPS) is 17.1. The molecule has 3 heterocycles. The van der Waals surface area contributed by atoms with Gasteiger partial charge in [0.2, 0.25) is 11.8 Å². The lowest BCUT2D eigenvalue weighted by Gasteiger charge is -2.25. The number of rotatable bonds is 6. The van der Waals surface area contributed by atoms with Crippen molar-refractivity contribution in [1.82, 2.24) is 14.7 Å². The lowest BCUT2D eigenvalue weighted by atomic mass is 9.99. The summed E-state index contributed by atoms with van der Waals surface area (Å²) in [6.45, 7) is 1.30. The van der Waals surface area contributed by atoms with Crippen LogP contribution < -0.4 is 9.64 Å². The van der Waals surface area contributed by atoms with Crippen molar-refractivity contribution in [3.8, 4) is 22.7 Å². The molecular formula is C31H29FN4O3S. The third-order valence-corrected chi connectivity index (χ3v) is 8.62. The van der Waals surface area contributed by atoms with Crippen molar-refractivity contribution in [2.75, 3.05) is 37.4 Å². The Morgan fingerprint density at radius 1 is 1.00 bits per heavy atom. The Morgan fingerprint density at radius 3 is 2.42 bits per heavy atom. The second-order valence-electron chi connectivity index (χ2n) is 9.84. The van der Waals surface area contributed by atoms with E-state index in [1.807, 2.05) is 59.5 Å². The number of para-hydroxylation sites is 1. The molecule has 1 aromatic heterocycles. The molecular weight excluding hydrogens is 527 g/mol. The van der Waals surface area contributed by atoms with Gasteiger partial charge in [-0.05, 0) is 43.2 Å². The molecule has 0 aliphatic carbocycles. The SMILES string of the molecule is COc1ccccc1C1SCC(=O)N(CC(=O)N2CCCC2)c2c1c(-c1ccccc1)nn2-c1ccc(F)cc1. The zero-order valence-electron chi connectivity index (χ0n) is 22.1. The number of halogens is 1. The van der Waals surface area contributed by atoms with Gasteiger partial charge in [0.1, 0.15) is 23.9 Å². The molecule has 0 bridgehead atoms. The molecule has 2 aliphatic rings. The van der Waals surface area contributed by atoms with Gasteiger partial charge in [-0.2, -0.15) is 5.10 Å². The fourth-order valence-corrected chi connectivity index (χ4v) is 6.64. The monoisotopic (exact) mass is 556 g/mol. The summed E-state index contributed by atoms with van der Waals surface area (Å²) in [6, 6.07) is 23.6. The van der Waals surface area contributed by atoms with Crippen LogP contribution in [0.3, 0.4) is 0 Å². The smallest absolute Gasteiger partial charge is 0.242 e. The highest BCUT2D eigenvalue weighted by Gasteiger charge is 2.39. The molecule has 3 aromatic carbocycles. The Hall–Kier alpha value is -4.11. The van der Waals surface area contributed by atoms with Crippen molar-refractivity contribution < 1.29 is 18.7 Å². The first-order chi connectivity index (χ1) is 19.5. The van der Waals surface area contributed by atoms with Crippen molar-refractivity contribution in [3.63, 3.8) is 0 Å². The highest BCUT2D eigenvalue weighted by Crippen LogP contribution is 2.50. The first-order valence-electron chi connectivity index (χ1n) is 13.3. The summed E-state index contributed by atoms with van der Waals surface area (Å²) in [5, 5.41) is 4.73. The number of thioether (sulfide) groups is 1. The Morgan fingerprint density at radius 2 is 1.70 bits per heavy atom. The number of likely N-dealkylation sites (tertiary alicyclic amines) is 1. The van der Waals surface area contributed by atoms with Crippen LogP contribution in [0, 0.1) is 5.82 Å². The molecule has 40 heavy (non-hydrogen) atoms. The van der Waals surface area contributed by atoms with Crippen LogP contribution in [0.5, 0.6) is 5.75 Å². The average molecular weight is 557 g/mol. The van der Waals surface area contributed by atoms with E-state index >= 15 is 0 Å². The van der Waals surface area contributed by atoms with Crippen molar-refractivity contribution in [3.05, 3.63) is 95.8 Å². The average Bonchev–Trinajstić information content (AvgIpc) is 3.64. The van der Waals surface area contributed by atoms with Gasteiger partial charge < -0.3 is 9.64 Å². The van der Waals surface area contributed by atoms with Crippen molar-refractivity contribution in [2.45, 2.75) is 18.1 Å². The van der Waals surface area contributed by atoms with Gasteiger partial charge in [0, 0.05) is 29.8 Å². The number of aromatic nitrogens is 2. The summed E-state index contributed by atoms with van der Waals surface area (Å²) in [7, 11) is 1.63. The van der Waals surface area contributed by atoms with Crippen LogP contribution in [0.4, 0.5) is 10.2 Å². The molecule has 2 amide bonds. The minimum atomic E-state index is -0.370. The van der Waals surface area contributed by atoms with E-state index < -0.39 is 0 Å². The Balaban J connectivity index is 1.62. The molecule has 0 saturated carbocycles. The van der Waals surface area contributed by atoms with Gasteiger partial charge in [0.25, 0.3) is 0 Å². The van der Waals surface area contributed by atoms with Crippen LogP contribution in [0.2, 0.25) is 0 Å². The maximum absolute atomic E-state index is 14.0. The number of amides is 2. The number of carbonyl (C=O) groups excluding carboxylic acids is 2. The maximum Gasteiger partial charge on any atom is 0.242 e. The number of fused-ring (bicyclic) bond motifs is 1. The van der Waals surface area contributed by atoms with Crippen LogP contribution in [0.25, 0.3) is 16.9 Å². The standard InChI is InChI=1S/C31H29FN4O3S/c1-39-25-12-6-5-11-24(25)30-28-29(21-9-3-2-4-10-21)33-36(23-15-13-22(32)14-16-23)31(28)35(27(38)20-40-30)19-26(37)34-17-7-8-18-34/h2-6,9-16,30H,7-8,17-20H2,1H3. The minimum Gasteiger partial charge on any atom is -0.496 e. The van der Waals surface area contributed by atoms with E-state index in [0.29, 0.717) is 36.0 Å². The number of nitrogens with zero attached hydrogens (tertiary/aromatic N) is 4. The van der Waals surface area contributed by atoms with E-state index in [2.05, 4.69) is 0 Å². The summed E-state index contributed by atoms with van der Waals surface area (Å²) >= 11 is 1.49. The summed E-state index contributed by atoms with van der Waals surface area (Å²) in [5.74, 6) is 0.745. The lowest BCUT2D eigenvalue weighted by Crippen LogP contribution is -2.43. The fourth-order valence-electron chi connectivity index (χ4n) is 5.42. The molecule has 2 aliphatic heterocycles. The zero-order valence-corrected chi connectivity index (χ0v) is 22.9. The van der Waals surface area contributed by atoms with Crippen LogP contribution in [-0.2, 0) is 9.59 Å². The quantitative estimate of drug-likeness (QED) is 0.315. The second kappa shape index (κ2) is 11.2. The zero-order chi connectivity index (χ0) is 27.6. The van der Waals surface area contributed by atoms with Crippen molar-refractivity contribution in [2.24, 2.45) is 0 Å². The number of hydrogen-bond donors (Lipinski definition) is 0. The van der Waals surface area contributed by atoms with E-state index in [9.17, 15) is 14.0 Å². The van der Waals surface area contributed by atoms with Crippen LogP contribution >= 0.6 is 11.8 Å². The van der Waals surface area contributed by atoms with E-state index in [0.717, 1.165) is 29.5 Å². The molecule has 7 nitrogen and oxygen atoms in total. The van der Waals surface area contributed by atoms with Gasteiger partial charge in [0.05, 0.1) is 29.5 Å². The molecule has 204 valence electrons. The topological polar surface area (TPSA) is 67.7 Å². The molecule has 1 unspecified atom stereocenters. The molecule has 4 aromatic rings. The third kappa shape index (κ3) is 4.86. The number of anilines is 1. The number of hydrogen-bond acceptors (Lipinski definition) is 5. The number of carbonyl (C=O) groups is 2. The fraction of sp³-hybridized carbons (Fsp3) is 0.258. The van der Waals surface area contributed by atoms with Crippen LogP contribution in [-0.4, -0.2) is 59.0 Å². The number of ether oxygens (including phenoxy) is 1. The predicted octanol–water partition coefficient (Wildman–Crippen LogP) is 5.48. The van der Waals surface area contributed by atoms with E-state index in [-0.39, 0.29) is 35.2 Å². The molecule has 0 radical (unpaired) electrons. The lowest BCUT2D eigenvalue weighted by molar-refractivity contribution is -0.130. The predicted molar refractivity (Wildman–Crippen MR) is 154 cm³/mol. The Labute approximate surface area is 236 Å². The van der Waals surface area contributed by atoms with Crippen molar-refractivity contribution in [1.29, 1.82) is 0 Å². The molecule has 0 spiro atoms. The van der Waals surface area contributed by atoms with Gasteiger partial charge in [-0.15, -0.1) is 11.8 Å². The van der Waals surface area contributed by atoms with Gasteiger partial charge in [-0.1, -0.05) is 48.5 Å². The van der Waals surface area contributed by atoms with Gasteiger partial charge in [-0.25, -0.2) is 9.07 Å². The van der Waals surface area contributed by atoms with E-state index in [1.54, 1.807) is 28.8 Å². The molecule has 6 rings (SSSR count). The highest BCUT2D eigenvalue weighted by molar-refractivity contribution is 8.00. The molecule has 1 saturated heterocycles. The first-order valence-corrected chi connectivity index (χ1v) is 14.4. The van der Waals surface area contributed by atoms with E-state index in [1.165, 1.54) is 23.9 Å². The van der Waals surface area contributed by atoms with Crippen molar-refractivity contribution >= 4 is 29.4 Å². The van der Waals surface area contributed by atoms with Gasteiger partial charge in [-0.3, -0.25) is 14.5 Å². The summed E-state index contributed by atoms with van der Waals surface area (Å²) < 4.78 is 21.4. The van der Waals surface area contributed by atoms with E-state index in [4.69, 9.17) is 9.84 Å². The highest BCUT2D eigenvalue weighted by atomic mass is 32.2. The van der Waals surface area contributed by atoms with Crippen LogP contribution in [0.1, 0.15) is 29.2 Å². The molecule has 9 heteroatoms. The minimum absolute atomic E-state index is 0.0911. The van der Waals surface area contributed by atoms with Crippen LogP contribution in [0.15, 0.2) is 78.9 Å². The van der Waals surface area contributed by atoms with Gasteiger partial charge in [0.15, 0.2) is 0 Å². The summed E-state index contributed by atoms with van der Waals surface area (Å²) in [6.07, 6.45) is 1.92. The largest absolute Gasteiger partial charge is 0.496 e. The molecule has 1 fully saturated rings. The first kappa shape index (κ1) is 26.1. The number of benzene rings is 3. The summed E-state index contributed by atoms with van der Waals surface area (Å²) in [5.41, 5.74) is 3.88. The second-order valence-corrected chi connectivity index (χ2v) is 10.9. The Kier molecular flexibility index (Phi) is 7.30. The molecule has 1 atom stereocenters. The Bertz CT molecular complexity index is 1530. The summed E-state index contributed by atoms with van der Waals surface area (Å²) in [4.78, 5) is 30.7.